The number of nitrogens with zero attached hydrogens (tertiary/aromatic N) is 1. The maximum atomic E-state index is 13.1. The van der Waals surface area contributed by atoms with E-state index in [1.165, 1.54) is 24.8 Å². The molecule has 116 valence electrons. The molecule has 1 aromatic rings. The third kappa shape index (κ3) is 2.71. The lowest BCUT2D eigenvalue weighted by Crippen LogP contribution is -2.49. The van der Waals surface area contributed by atoms with Crippen molar-refractivity contribution < 1.29 is 18.0 Å². The van der Waals surface area contributed by atoms with E-state index >= 15 is 0 Å². The molecule has 3 nitrogen and oxygen atoms in total. The number of nitrogens with two attached hydrogens (primary N) is 1. The lowest BCUT2D eigenvalue weighted by Gasteiger charge is -2.37. The van der Waals surface area contributed by atoms with Gasteiger partial charge in [0.2, 0.25) is 0 Å². The topological polar surface area (TPSA) is 46.3 Å². The van der Waals surface area contributed by atoms with E-state index in [2.05, 4.69) is 0 Å². The summed E-state index contributed by atoms with van der Waals surface area (Å²) in [5.74, 6) is -1.90. The quantitative estimate of drug-likeness (QED) is 0.808. The maximum Gasteiger partial charge on any atom is 0.394 e. The first-order valence-corrected chi connectivity index (χ1v) is 6.80. The van der Waals surface area contributed by atoms with Crippen LogP contribution < -0.4 is 5.73 Å². The maximum absolute atomic E-state index is 13.1. The summed E-state index contributed by atoms with van der Waals surface area (Å²) in [6.07, 6.45) is -4.37. The van der Waals surface area contributed by atoms with Gasteiger partial charge in [0.25, 0.3) is 5.91 Å². The zero-order valence-corrected chi connectivity index (χ0v) is 12.3. The van der Waals surface area contributed by atoms with Crippen LogP contribution in [-0.4, -0.2) is 29.1 Å². The molecular weight excluding hydrogens is 281 g/mol. The van der Waals surface area contributed by atoms with Gasteiger partial charge in [0, 0.05) is 23.3 Å². The molecule has 1 saturated heterocycles. The minimum Gasteiger partial charge on any atom is -0.399 e. The van der Waals surface area contributed by atoms with E-state index < -0.39 is 23.5 Å². The van der Waals surface area contributed by atoms with Gasteiger partial charge in [-0.15, -0.1) is 0 Å². The molecule has 1 aliphatic heterocycles. The van der Waals surface area contributed by atoms with Gasteiger partial charge in [-0.2, -0.15) is 13.2 Å². The summed E-state index contributed by atoms with van der Waals surface area (Å²) >= 11 is 0. The van der Waals surface area contributed by atoms with Crippen LogP contribution >= 0.6 is 0 Å². The van der Waals surface area contributed by atoms with Crippen LogP contribution in [0.1, 0.15) is 36.2 Å². The molecule has 1 aromatic carbocycles. The Bertz CT molecular complexity index is 567. The molecule has 0 radical (unpaired) electrons. The van der Waals surface area contributed by atoms with Crippen LogP contribution in [0.15, 0.2) is 18.2 Å². The number of likely N-dealkylation sites (tertiary alicyclic amines) is 1. The van der Waals surface area contributed by atoms with E-state index in [1.807, 2.05) is 0 Å². The highest BCUT2D eigenvalue weighted by Crippen LogP contribution is 2.45. The van der Waals surface area contributed by atoms with Gasteiger partial charge in [-0.25, -0.2) is 0 Å². The second kappa shape index (κ2) is 4.93. The zero-order valence-electron chi connectivity index (χ0n) is 12.3. The van der Waals surface area contributed by atoms with E-state index in [0.29, 0.717) is 16.8 Å². The Labute approximate surface area is 121 Å². The van der Waals surface area contributed by atoms with E-state index in [9.17, 15) is 18.0 Å². The van der Waals surface area contributed by atoms with Gasteiger partial charge < -0.3 is 10.6 Å². The lowest BCUT2D eigenvalue weighted by atomic mass is 9.87. The number of hydrogen-bond acceptors (Lipinski definition) is 2. The third-order valence-electron chi connectivity index (χ3n) is 4.32. The lowest BCUT2D eigenvalue weighted by molar-refractivity contribution is -0.189. The molecule has 6 heteroatoms. The molecule has 1 atom stereocenters. The SMILES string of the molecule is Cc1ccc(N)cc1C(=O)N1CCC(C(F)(F)F)C1(C)C. The Hall–Kier alpha value is -1.72. The number of carbonyl (C=O) groups is 1. The highest BCUT2D eigenvalue weighted by atomic mass is 19.4. The van der Waals surface area contributed by atoms with Gasteiger partial charge in [0.15, 0.2) is 0 Å². The molecule has 0 saturated carbocycles. The summed E-state index contributed by atoms with van der Waals surface area (Å²) in [6.45, 7) is 4.79. The molecule has 1 fully saturated rings. The molecule has 0 spiro atoms. The minimum atomic E-state index is -4.30. The highest BCUT2D eigenvalue weighted by molar-refractivity contribution is 5.97. The summed E-state index contributed by atoms with van der Waals surface area (Å²) in [7, 11) is 0. The van der Waals surface area contributed by atoms with Crippen molar-refractivity contribution in [3.63, 3.8) is 0 Å². The molecule has 2 N–H and O–H groups in total. The molecule has 0 bridgehead atoms. The first-order chi connectivity index (χ1) is 9.55. The standard InChI is InChI=1S/C15H19F3N2O/c1-9-4-5-10(19)8-11(9)13(21)20-7-6-12(14(20,2)3)15(16,17)18/h4-5,8,12H,6-7,19H2,1-3H3. The second-order valence-electron chi connectivity index (χ2n) is 6.07. The van der Waals surface area contributed by atoms with Crippen LogP contribution in [0.2, 0.25) is 0 Å². The average molecular weight is 300 g/mol. The zero-order chi connectivity index (χ0) is 16.0. The number of halogens is 3. The summed E-state index contributed by atoms with van der Waals surface area (Å²) in [5, 5.41) is 0. The van der Waals surface area contributed by atoms with Crippen LogP contribution in [0.25, 0.3) is 0 Å². The van der Waals surface area contributed by atoms with E-state index in [0.717, 1.165) is 0 Å². The van der Waals surface area contributed by atoms with Gasteiger partial charge in [-0.3, -0.25) is 4.79 Å². The molecule has 1 heterocycles. The number of hydrogen-bond donors (Lipinski definition) is 1. The fourth-order valence-electron chi connectivity index (χ4n) is 3.03. The molecule has 0 aliphatic carbocycles. The van der Waals surface area contributed by atoms with Crippen molar-refractivity contribution >= 4 is 11.6 Å². The number of anilines is 1. The van der Waals surface area contributed by atoms with Crippen molar-refractivity contribution in [2.75, 3.05) is 12.3 Å². The Kier molecular flexibility index (Phi) is 3.68. The number of alkyl halides is 3. The van der Waals surface area contributed by atoms with Crippen molar-refractivity contribution in [1.29, 1.82) is 0 Å². The smallest absolute Gasteiger partial charge is 0.394 e. The van der Waals surface area contributed by atoms with Gasteiger partial charge in [-0.1, -0.05) is 6.07 Å². The molecule has 2 rings (SSSR count). The molecule has 1 aliphatic rings. The molecule has 1 amide bonds. The van der Waals surface area contributed by atoms with Gasteiger partial charge >= 0.3 is 6.18 Å². The summed E-state index contributed by atoms with van der Waals surface area (Å²) in [5.41, 5.74) is 5.92. The second-order valence-corrected chi connectivity index (χ2v) is 6.07. The number of benzene rings is 1. The Morgan fingerprint density at radius 3 is 2.52 bits per heavy atom. The monoisotopic (exact) mass is 300 g/mol. The van der Waals surface area contributed by atoms with Crippen molar-refractivity contribution in [3.8, 4) is 0 Å². The Morgan fingerprint density at radius 1 is 1.38 bits per heavy atom. The van der Waals surface area contributed by atoms with Crippen molar-refractivity contribution in [3.05, 3.63) is 29.3 Å². The van der Waals surface area contributed by atoms with E-state index in [-0.39, 0.29) is 13.0 Å². The van der Waals surface area contributed by atoms with E-state index in [1.54, 1.807) is 19.1 Å². The van der Waals surface area contributed by atoms with Gasteiger partial charge in [0.05, 0.1) is 5.92 Å². The average Bonchev–Trinajstić information content (AvgIpc) is 2.66. The first-order valence-electron chi connectivity index (χ1n) is 6.80. The Morgan fingerprint density at radius 2 is 2.00 bits per heavy atom. The van der Waals surface area contributed by atoms with Gasteiger partial charge in [-0.05, 0) is 44.9 Å². The number of aryl methyl sites for hydroxylation is 1. The number of rotatable bonds is 1. The van der Waals surface area contributed by atoms with Crippen LogP contribution in [-0.2, 0) is 0 Å². The minimum absolute atomic E-state index is 0.0659. The third-order valence-corrected chi connectivity index (χ3v) is 4.32. The van der Waals surface area contributed by atoms with Crippen LogP contribution in [0.4, 0.5) is 18.9 Å². The number of nitrogen functional groups attached to an aromatic ring is 1. The first kappa shape index (κ1) is 15.7. The van der Waals surface area contributed by atoms with Crippen molar-refractivity contribution in [2.24, 2.45) is 5.92 Å². The normalized spacial score (nSPS) is 21.6. The summed E-state index contributed by atoms with van der Waals surface area (Å²) in [6, 6.07) is 4.89. The van der Waals surface area contributed by atoms with Crippen molar-refractivity contribution in [1.82, 2.24) is 4.90 Å². The number of carbonyl (C=O) groups excluding carboxylic acids is 1. The largest absolute Gasteiger partial charge is 0.399 e. The van der Waals surface area contributed by atoms with Gasteiger partial charge in [0.1, 0.15) is 0 Å². The predicted molar refractivity (Wildman–Crippen MR) is 74.9 cm³/mol. The van der Waals surface area contributed by atoms with Crippen LogP contribution in [0, 0.1) is 12.8 Å². The molecule has 0 aromatic heterocycles. The molecule has 1 unspecified atom stereocenters. The Balaban J connectivity index is 2.35. The fourth-order valence-corrected chi connectivity index (χ4v) is 3.03. The number of amides is 1. The molecule has 21 heavy (non-hydrogen) atoms. The van der Waals surface area contributed by atoms with Crippen LogP contribution in [0.3, 0.4) is 0 Å². The van der Waals surface area contributed by atoms with E-state index in [4.69, 9.17) is 5.73 Å². The fraction of sp³-hybridized carbons (Fsp3) is 0.533. The predicted octanol–water partition coefficient (Wildman–Crippen LogP) is 3.38. The summed E-state index contributed by atoms with van der Waals surface area (Å²) in [4.78, 5) is 13.9. The summed E-state index contributed by atoms with van der Waals surface area (Å²) < 4.78 is 39.2. The molecular formula is C15H19F3N2O. The van der Waals surface area contributed by atoms with Crippen molar-refractivity contribution in [2.45, 2.75) is 38.9 Å². The highest BCUT2D eigenvalue weighted by Gasteiger charge is 2.56. The van der Waals surface area contributed by atoms with Crippen LogP contribution in [0.5, 0.6) is 0 Å².